The maximum Gasteiger partial charge on any atom is 0.197 e. The molecule has 0 saturated carbocycles. The van der Waals surface area contributed by atoms with Crippen LogP contribution in [-0.2, 0) is 0 Å². The van der Waals surface area contributed by atoms with Crippen molar-refractivity contribution in [2.75, 3.05) is 0 Å². The zero-order chi connectivity index (χ0) is 8.27. The van der Waals surface area contributed by atoms with Crippen LogP contribution in [0.5, 0.6) is 0 Å². The molecule has 1 rings (SSSR count). The summed E-state index contributed by atoms with van der Waals surface area (Å²) in [6.45, 7) is 7.20. The highest BCUT2D eigenvalue weighted by Gasteiger charge is 1.90. The van der Waals surface area contributed by atoms with Crippen molar-refractivity contribution in [1.29, 1.82) is 0 Å². The Labute approximate surface area is 70.3 Å². The van der Waals surface area contributed by atoms with Crippen molar-refractivity contribution >= 4 is 24.4 Å². The molecule has 0 atom stereocenters. The third-order valence-electron chi connectivity index (χ3n) is 1.21. The van der Waals surface area contributed by atoms with Crippen LogP contribution in [-0.4, -0.2) is 9.97 Å². The topological polar surface area (TPSA) is 28.7 Å². The number of hydrogen-bond acceptors (Lipinski definition) is 2. The number of rotatable bonds is 2. The Bertz CT molecular complexity index is 309. The first kappa shape index (κ1) is 7.88. The van der Waals surface area contributed by atoms with Gasteiger partial charge in [0.25, 0.3) is 0 Å². The van der Waals surface area contributed by atoms with Gasteiger partial charge in [-0.1, -0.05) is 13.2 Å². The second kappa shape index (κ2) is 3.25. The highest BCUT2D eigenvalue weighted by Crippen LogP contribution is 2.01. The average molecular weight is 164 g/mol. The molecule has 11 heavy (non-hydrogen) atoms. The van der Waals surface area contributed by atoms with Gasteiger partial charge in [-0.25, -0.2) is 4.98 Å². The van der Waals surface area contributed by atoms with E-state index in [-0.39, 0.29) is 0 Å². The SMILES string of the molecule is C=Cc1cc(C=C)[nH]c(=S)n1. The van der Waals surface area contributed by atoms with E-state index >= 15 is 0 Å². The average Bonchev–Trinajstić information content (AvgIpc) is 2.03. The molecule has 1 N–H and O–H groups in total. The highest BCUT2D eigenvalue weighted by molar-refractivity contribution is 7.71. The van der Waals surface area contributed by atoms with Crippen molar-refractivity contribution in [1.82, 2.24) is 9.97 Å². The molecule has 1 aromatic heterocycles. The summed E-state index contributed by atoms with van der Waals surface area (Å²) in [5, 5.41) is 0. The maximum absolute atomic E-state index is 4.86. The first-order valence-electron chi connectivity index (χ1n) is 3.12. The standard InChI is InChI=1S/C8H8N2S/c1-3-6-5-7(4-2)10-8(11)9-6/h3-5H,1-2H2,(H,9,10,11). The minimum absolute atomic E-state index is 0.456. The summed E-state index contributed by atoms with van der Waals surface area (Å²) >= 11 is 4.86. The van der Waals surface area contributed by atoms with Crippen LogP contribution in [0.1, 0.15) is 11.4 Å². The first-order chi connectivity index (χ1) is 5.26. The molecule has 0 amide bonds. The zero-order valence-electron chi connectivity index (χ0n) is 6.00. The van der Waals surface area contributed by atoms with Crippen LogP contribution in [0.2, 0.25) is 0 Å². The first-order valence-corrected chi connectivity index (χ1v) is 3.53. The van der Waals surface area contributed by atoms with Crippen LogP contribution in [0.4, 0.5) is 0 Å². The summed E-state index contributed by atoms with van der Waals surface area (Å²) in [4.78, 5) is 6.86. The number of H-pyrrole nitrogens is 1. The molecule has 0 unspecified atom stereocenters. The number of nitrogens with one attached hydrogen (secondary N) is 1. The summed E-state index contributed by atoms with van der Waals surface area (Å²) in [7, 11) is 0. The Morgan fingerprint density at radius 2 is 2.18 bits per heavy atom. The summed E-state index contributed by atoms with van der Waals surface area (Å²) in [6, 6.07) is 1.83. The number of aromatic nitrogens is 2. The van der Waals surface area contributed by atoms with Crippen LogP contribution >= 0.6 is 12.2 Å². The smallest absolute Gasteiger partial charge is 0.197 e. The molecule has 2 nitrogen and oxygen atoms in total. The Kier molecular flexibility index (Phi) is 2.33. The van der Waals surface area contributed by atoms with Crippen molar-refractivity contribution in [2.24, 2.45) is 0 Å². The van der Waals surface area contributed by atoms with E-state index in [4.69, 9.17) is 12.2 Å². The van der Waals surface area contributed by atoms with Crippen molar-refractivity contribution in [2.45, 2.75) is 0 Å². The molecule has 0 radical (unpaired) electrons. The van der Waals surface area contributed by atoms with Crippen molar-refractivity contribution < 1.29 is 0 Å². The summed E-state index contributed by atoms with van der Waals surface area (Å²) in [6.07, 6.45) is 3.33. The molecule has 0 fully saturated rings. The second-order valence-electron chi connectivity index (χ2n) is 1.97. The predicted octanol–water partition coefficient (Wildman–Crippen LogP) is 2.43. The Morgan fingerprint density at radius 3 is 2.73 bits per heavy atom. The van der Waals surface area contributed by atoms with E-state index in [1.54, 1.807) is 12.2 Å². The van der Waals surface area contributed by atoms with Crippen molar-refractivity contribution in [3.8, 4) is 0 Å². The highest BCUT2D eigenvalue weighted by atomic mass is 32.1. The molecule has 0 bridgehead atoms. The van der Waals surface area contributed by atoms with Gasteiger partial charge in [0.2, 0.25) is 0 Å². The van der Waals surface area contributed by atoms with Gasteiger partial charge >= 0.3 is 0 Å². The van der Waals surface area contributed by atoms with Gasteiger partial charge in [-0.3, -0.25) is 0 Å². The molecule has 1 aromatic rings. The van der Waals surface area contributed by atoms with E-state index in [0.717, 1.165) is 11.4 Å². The normalized spacial score (nSPS) is 9.09. The Morgan fingerprint density at radius 1 is 1.45 bits per heavy atom. The molecule has 0 saturated heterocycles. The van der Waals surface area contributed by atoms with Gasteiger partial charge in [0.15, 0.2) is 4.77 Å². The van der Waals surface area contributed by atoms with Crippen LogP contribution in [0.3, 0.4) is 0 Å². The second-order valence-corrected chi connectivity index (χ2v) is 2.36. The van der Waals surface area contributed by atoms with Crippen LogP contribution in [0.25, 0.3) is 12.2 Å². The lowest BCUT2D eigenvalue weighted by Gasteiger charge is -1.94. The molecular formula is C8H8N2S. The fourth-order valence-electron chi connectivity index (χ4n) is 0.711. The summed E-state index contributed by atoms with van der Waals surface area (Å²) in [5.41, 5.74) is 1.63. The number of aromatic amines is 1. The monoisotopic (exact) mass is 164 g/mol. The molecule has 1 heterocycles. The third kappa shape index (κ3) is 1.85. The lowest BCUT2D eigenvalue weighted by Crippen LogP contribution is -1.88. The van der Waals surface area contributed by atoms with E-state index < -0.39 is 0 Å². The minimum atomic E-state index is 0.456. The van der Waals surface area contributed by atoms with Crippen molar-refractivity contribution in [3.05, 3.63) is 35.4 Å². The van der Waals surface area contributed by atoms with Gasteiger partial charge in [-0.2, -0.15) is 0 Å². The lowest BCUT2D eigenvalue weighted by molar-refractivity contribution is 1.11. The van der Waals surface area contributed by atoms with E-state index in [2.05, 4.69) is 23.1 Å². The zero-order valence-corrected chi connectivity index (χ0v) is 6.82. The van der Waals surface area contributed by atoms with Crippen LogP contribution in [0.15, 0.2) is 19.2 Å². The third-order valence-corrected chi connectivity index (χ3v) is 1.41. The number of hydrogen-bond donors (Lipinski definition) is 1. The molecule has 0 aliphatic rings. The van der Waals surface area contributed by atoms with Gasteiger partial charge in [0.1, 0.15) is 0 Å². The van der Waals surface area contributed by atoms with E-state index in [9.17, 15) is 0 Å². The molecule has 56 valence electrons. The van der Waals surface area contributed by atoms with Gasteiger partial charge in [0.05, 0.1) is 5.69 Å². The molecule has 0 aromatic carbocycles. The molecule has 3 heteroatoms. The summed E-state index contributed by atoms with van der Waals surface area (Å²) < 4.78 is 0.456. The van der Waals surface area contributed by atoms with E-state index in [1.807, 2.05) is 6.07 Å². The van der Waals surface area contributed by atoms with Gasteiger partial charge in [-0.05, 0) is 30.4 Å². The van der Waals surface area contributed by atoms with Crippen LogP contribution < -0.4 is 0 Å². The van der Waals surface area contributed by atoms with E-state index in [1.165, 1.54) is 0 Å². The largest absolute Gasteiger partial charge is 0.331 e. The Hall–Kier alpha value is -1.22. The molecule has 0 spiro atoms. The van der Waals surface area contributed by atoms with Crippen LogP contribution in [0, 0.1) is 4.77 Å². The molecule has 0 aliphatic carbocycles. The summed E-state index contributed by atoms with van der Waals surface area (Å²) in [5.74, 6) is 0. The van der Waals surface area contributed by atoms with Gasteiger partial charge in [-0.15, -0.1) is 0 Å². The predicted molar refractivity (Wildman–Crippen MR) is 49.6 cm³/mol. The number of nitrogens with zero attached hydrogens (tertiary/aromatic N) is 1. The molecule has 0 aliphatic heterocycles. The lowest BCUT2D eigenvalue weighted by atomic mass is 10.3. The maximum atomic E-state index is 4.86. The van der Waals surface area contributed by atoms with Gasteiger partial charge in [0, 0.05) is 5.69 Å². The van der Waals surface area contributed by atoms with Crippen molar-refractivity contribution in [3.63, 3.8) is 0 Å². The van der Waals surface area contributed by atoms with Gasteiger partial charge < -0.3 is 4.98 Å². The fourth-order valence-corrected chi connectivity index (χ4v) is 0.934. The fraction of sp³-hybridized carbons (Fsp3) is 0. The molecular weight excluding hydrogens is 156 g/mol. The minimum Gasteiger partial charge on any atom is -0.331 e. The van der Waals surface area contributed by atoms with E-state index in [0.29, 0.717) is 4.77 Å². The quantitative estimate of drug-likeness (QED) is 0.680. The Balaban J connectivity index is 3.33.